The second kappa shape index (κ2) is 5.39. The monoisotopic (exact) mass is 252 g/mol. The van der Waals surface area contributed by atoms with Crippen molar-refractivity contribution in [1.82, 2.24) is 15.1 Å². The van der Waals surface area contributed by atoms with Crippen molar-refractivity contribution in [3.63, 3.8) is 0 Å². The number of rotatable bonds is 6. The summed E-state index contributed by atoms with van der Waals surface area (Å²) in [5.74, 6) is 0.239. The number of amides is 1. The quantitative estimate of drug-likeness (QED) is 0.695. The van der Waals surface area contributed by atoms with Gasteiger partial charge in [-0.3, -0.25) is 9.89 Å². The first-order valence-electron chi connectivity index (χ1n) is 6.42. The molecule has 1 saturated carbocycles. The number of nitrogens with two attached hydrogens (primary N) is 1. The normalized spacial score (nSPS) is 14.8. The highest BCUT2D eigenvalue weighted by Gasteiger charge is 2.31. The molecule has 1 aromatic rings. The summed E-state index contributed by atoms with van der Waals surface area (Å²) in [5.41, 5.74) is 7.62. The molecule has 1 aliphatic rings. The van der Waals surface area contributed by atoms with E-state index in [1.807, 2.05) is 6.92 Å². The van der Waals surface area contributed by atoms with Crippen molar-refractivity contribution in [1.29, 1.82) is 0 Å². The van der Waals surface area contributed by atoms with Crippen molar-refractivity contribution >= 4 is 11.6 Å². The van der Waals surface area contributed by atoms with E-state index in [1.54, 1.807) is 4.90 Å². The molecule has 4 N–H and O–H groups in total. The molecule has 0 saturated heterocycles. The number of nitrogens with zero attached hydrogens (tertiary/aromatic N) is 2. The second-order valence-electron chi connectivity index (χ2n) is 4.69. The Labute approximate surface area is 106 Å². The Morgan fingerprint density at radius 3 is 2.83 bits per heavy atom. The first-order valence-corrected chi connectivity index (χ1v) is 6.42. The maximum Gasteiger partial charge on any atom is 0.276 e. The predicted octanol–water partition coefficient (Wildman–Crippen LogP) is 0.714. The summed E-state index contributed by atoms with van der Waals surface area (Å²) in [6.07, 6.45) is 3.05. The molecular weight excluding hydrogens is 232 g/mol. The van der Waals surface area contributed by atoms with E-state index in [0.717, 1.165) is 25.0 Å². The highest BCUT2D eigenvalue weighted by atomic mass is 16.3. The third-order valence-electron chi connectivity index (χ3n) is 3.17. The summed E-state index contributed by atoms with van der Waals surface area (Å²) in [5, 5.41) is 15.9. The summed E-state index contributed by atoms with van der Waals surface area (Å²) in [4.78, 5) is 13.8. The molecule has 1 amide bonds. The molecule has 1 aliphatic carbocycles. The summed E-state index contributed by atoms with van der Waals surface area (Å²) >= 11 is 0. The van der Waals surface area contributed by atoms with E-state index in [0.29, 0.717) is 30.4 Å². The SMILES string of the molecule is CCCN(CCO)C(=O)c1n[nH]c(C2CC2)c1N. The highest BCUT2D eigenvalue weighted by molar-refractivity contribution is 5.97. The van der Waals surface area contributed by atoms with Crippen molar-refractivity contribution in [2.24, 2.45) is 0 Å². The molecule has 6 nitrogen and oxygen atoms in total. The van der Waals surface area contributed by atoms with Crippen LogP contribution in [0, 0.1) is 0 Å². The molecule has 0 bridgehead atoms. The third kappa shape index (κ3) is 2.48. The lowest BCUT2D eigenvalue weighted by Crippen LogP contribution is -2.34. The Hall–Kier alpha value is -1.56. The molecule has 2 rings (SSSR count). The van der Waals surface area contributed by atoms with Crippen LogP contribution in [-0.2, 0) is 0 Å². The number of carbonyl (C=O) groups is 1. The Balaban J connectivity index is 2.15. The van der Waals surface area contributed by atoms with Gasteiger partial charge in [0.1, 0.15) is 0 Å². The molecule has 0 unspecified atom stereocenters. The fourth-order valence-electron chi connectivity index (χ4n) is 2.07. The van der Waals surface area contributed by atoms with E-state index in [2.05, 4.69) is 10.2 Å². The van der Waals surface area contributed by atoms with Crippen LogP contribution in [0.15, 0.2) is 0 Å². The molecule has 1 fully saturated rings. The van der Waals surface area contributed by atoms with Crippen LogP contribution < -0.4 is 5.73 Å². The van der Waals surface area contributed by atoms with Crippen LogP contribution in [0.3, 0.4) is 0 Å². The molecule has 0 spiro atoms. The van der Waals surface area contributed by atoms with Crippen LogP contribution in [0.25, 0.3) is 0 Å². The van der Waals surface area contributed by atoms with Crippen LogP contribution in [0.1, 0.15) is 48.3 Å². The molecule has 1 aromatic heterocycles. The van der Waals surface area contributed by atoms with Gasteiger partial charge in [-0.05, 0) is 19.3 Å². The van der Waals surface area contributed by atoms with Gasteiger partial charge in [0.25, 0.3) is 5.91 Å². The van der Waals surface area contributed by atoms with Gasteiger partial charge in [0.15, 0.2) is 5.69 Å². The van der Waals surface area contributed by atoms with E-state index >= 15 is 0 Å². The Kier molecular flexibility index (Phi) is 3.86. The number of hydrogen-bond donors (Lipinski definition) is 3. The number of aliphatic hydroxyl groups is 1. The Morgan fingerprint density at radius 2 is 2.28 bits per heavy atom. The molecule has 0 aliphatic heterocycles. The average Bonchev–Trinajstić information content (AvgIpc) is 3.12. The van der Waals surface area contributed by atoms with Crippen LogP contribution in [0.5, 0.6) is 0 Å². The molecule has 0 atom stereocenters. The summed E-state index contributed by atoms with van der Waals surface area (Å²) in [6, 6.07) is 0. The lowest BCUT2D eigenvalue weighted by Gasteiger charge is -2.20. The molecule has 18 heavy (non-hydrogen) atoms. The largest absolute Gasteiger partial charge is 0.395 e. The van der Waals surface area contributed by atoms with E-state index in [9.17, 15) is 4.79 Å². The van der Waals surface area contributed by atoms with E-state index in [1.165, 1.54) is 0 Å². The van der Waals surface area contributed by atoms with Gasteiger partial charge >= 0.3 is 0 Å². The zero-order valence-corrected chi connectivity index (χ0v) is 10.6. The number of carbonyl (C=O) groups excluding carboxylic acids is 1. The molecule has 100 valence electrons. The van der Waals surface area contributed by atoms with Crippen molar-refractivity contribution in [2.75, 3.05) is 25.4 Å². The van der Waals surface area contributed by atoms with Gasteiger partial charge in [-0.15, -0.1) is 0 Å². The average molecular weight is 252 g/mol. The van der Waals surface area contributed by atoms with Crippen molar-refractivity contribution < 1.29 is 9.90 Å². The molecular formula is C12H20N4O2. The molecule has 1 heterocycles. The first kappa shape index (κ1) is 12.9. The lowest BCUT2D eigenvalue weighted by atomic mass is 10.2. The maximum absolute atomic E-state index is 12.3. The zero-order valence-electron chi connectivity index (χ0n) is 10.6. The molecule has 0 aromatic carbocycles. The van der Waals surface area contributed by atoms with Crippen LogP contribution in [0.2, 0.25) is 0 Å². The number of hydrogen-bond acceptors (Lipinski definition) is 4. The van der Waals surface area contributed by atoms with E-state index < -0.39 is 0 Å². The van der Waals surface area contributed by atoms with Crippen molar-refractivity contribution in [3.05, 3.63) is 11.4 Å². The number of anilines is 1. The number of nitrogen functional groups attached to an aromatic ring is 1. The number of H-pyrrole nitrogens is 1. The van der Waals surface area contributed by atoms with Gasteiger partial charge in [0.2, 0.25) is 0 Å². The van der Waals surface area contributed by atoms with Crippen LogP contribution in [-0.4, -0.2) is 45.8 Å². The summed E-state index contributed by atoms with van der Waals surface area (Å²) in [7, 11) is 0. The van der Waals surface area contributed by atoms with Gasteiger partial charge in [-0.1, -0.05) is 6.92 Å². The van der Waals surface area contributed by atoms with Crippen LogP contribution >= 0.6 is 0 Å². The zero-order chi connectivity index (χ0) is 13.1. The topological polar surface area (TPSA) is 95.2 Å². The highest BCUT2D eigenvalue weighted by Crippen LogP contribution is 2.42. The van der Waals surface area contributed by atoms with E-state index in [-0.39, 0.29) is 12.5 Å². The summed E-state index contributed by atoms with van der Waals surface area (Å²) in [6.45, 7) is 2.86. The van der Waals surface area contributed by atoms with Gasteiger partial charge < -0.3 is 15.7 Å². The second-order valence-corrected chi connectivity index (χ2v) is 4.69. The minimum atomic E-state index is -0.202. The third-order valence-corrected chi connectivity index (χ3v) is 3.17. The lowest BCUT2D eigenvalue weighted by molar-refractivity contribution is 0.0717. The van der Waals surface area contributed by atoms with Gasteiger partial charge in [-0.2, -0.15) is 5.10 Å². The standard InChI is InChI=1S/C12H20N4O2/c1-2-5-16(6-7-17)12(18)11-9(13)10(14-15-11)8-3-4-8/h8,17H,2-7,13H2,1H3,(H,14,15). The molecule has 6 heteroatoms. The fourth-order valence-corrected chi connectivity index (χ4v) is 2.07. The van der Waals surface area contributed by atoms with Gasteiger partial charge in [0.05, 0.1) is 18.0 Å². The van der Waals surface area contributed by atoms with Crippen molar-refractivity contribution in [2.45, 2.75) is 32.1 Å². The smallest absolute Gasteiger partial charge is 0.276 e. The summed E-state index contributed by atoms with van der Waals surface area (Å²) < 4.78 is 0. The Morgan fingerprint density at radius 1 is 1.56 bits per heavy atom. The van der Waals surface area contributed by atoms with Gasteiger partial charge in [-0.25, -0.2) is 0 Å². The number of aromatic amines is 1. The Bertz CT molecular complexity index is 420. The predicted molar refractivity (Wildman–Crippen MR) is 68.3 cm³/mol. The minimum absolute atomic E-state index is 0.0500. The van der Waals surface area contributed by atoms with Crippen molar-refractivity contribution in [3.8, 4) is 0 Å². The number of aromatic nitrogens is 2. The fraction of sp³-hybridized carbons (Fsp3) is 0.667. The van der Waals surface area contributed by atoms with E-state index in [4.69, 9.17) is 10.8 Å². The minimum Gasteiger partial charge on any atom is -0.395 e. The number of aliphatic hydroxyl groups excluding tert-OH is 1. The number of nitrogens with one attached hydrogen (secondary N) is 1. The van der Waals surface area contributed by atoms with Gasteiger partial charge in [0, 0.05) is 19.0 Å². The molecule has 0 radical (unpaired) electrons. The maximum atomic E-state index is 12.3. The first-order chi connectivity index (χ1) is 8.69. The van der Waals surface area contributed by atoms with Crippen LogP contribution in [0.4, 0.5) is 5.69 Å².